The van der Waals surface area contributed by atoms with Crippen LogP contribution in [0.3, 0.4) is 0 Å². The molecule has 5 atom stereocenters. The van der Waals surface area contributed by atoms with Gasteiger partial charge >= 0.3 is 5.97 Å². The van der Waals surface area contributed by atoms with E-state index in [-0.39, 0.29) is 36.2 Å². The smallest absolute Gasteiger partial charge is 0.327 e. The molecule has 0 saturated carbocycles. The minimum Gasteiger partial charge on any atom is -0.508 e. The Bertz CT molecular complexity index is 864. The van der Waals surface area contributed by atoms with Gasteiger partial charge in [-0.05, 0) is 42.4 Å². The van der Waals surface area contributed by atoms with Crippen LogP contribution >= 0.6 is 12.6 Å². The Labute approximate surface area is 211 Å². The summed E-state index contributed by atoms with van der Waals surface area (Å²) in [5.41, 5.74) is 6.81. The van der Waals surface area contributed by atoms with Crippen LogP contribution in [0.25, 0.3) is 0 Å². The summed E-state index contributed by atoms with van der Waals surface area (Å²) >= 11 is 3.95. The number of carbonyl (C=O) groups excluding carboxylic acids is 3. The molecule has 0 fully saturated rings. The van der Waals surface area contributed by atoms with E-state index in [4.69, 9.17) is 5.73 Å². The number of phenolic OH excluding ortho intramolecular Hbond substituents is 1. The van der Waals surface area contributed by atoms with Crippen molar-refractivity contribution in [2.45, 2.75) is 71.1 Å². The molecule has 0 aliphatic carbocycles. The van der Waals surface area contributed by atoms with Gasteiger partial charge in [-0.25, -0.2) is 4.79 Å². The fraction of sp³-hybridized carbons (Fsp3) is 0.583. The van der Waals surface area contributed by atoms with Crippen molar-refractivity contribution >= 4 is 36.3 Å². The van der Waals surface area contributed by atoms with Crippen LogP contribution in [0.4, 0.5) is 0 Å². The summed E-state index contributed by atoms with van der Waals surface area (Å²) in [4.78, 5) is 50.0. The third kappa shape index (κ3) is 10.2. The van der Waals surface area contributed by atoms with Gasteiger partial charge in [-0.15, -0.1) is 0 Å². The molecule has 3 amide bonds. The maximum absolute atomic E-state index is 13.2. The minimum atomic E-state index is -1.23. The Kier molecular flexibility index (Phi) is 12.6. The third-order valence-electron chi connectivity index (χ3n) is 5.66. The maximum Gasteiger partial charge on any atom is 0.327 e. The Balaban J connectivity index is 2.96. The number of hydrogen-bond acceptors (Lipinski definition) is 7. The predicted octanol–water partition coefficient (Wildman–Crippen LogP) is 0.823. The summed E-state index contributed by atoms with van der Waals surface area (Å²) in [5.74, 6) is -3.17. The second-order valence-corrected chi connectivity index (χ2v) is 9.49. The van der Waals surface area contributed by atoms with Crippen LogP contribution in [-0.2, 0) is 25.6 Å². The predicted molar refractivity (Wildman–Crippen MR) is 136 cm³/mol. The molecule has 1 rings (SSSR count). The van der Waals surface area contributed by atoms with E-state index in [1.165, 1.54) is 12.1 Å². The number of thiol groups is 1. The molecule has 0 spiro atoms. The molecular formula is C24H38N4O6S. The Morgan fingerprint density at radius 3 is 2.00 bits per heavy atom. The van der Waals surface area contributed by atoms with Gasteiger partial charge in [-0.1, -0.05) is 46.2 Å². The lowest BCUT2D eigenvalue weighted by Crippen LogP contribution is -2.59. The van der Waals surface area contributed by atoms with Gasteiger partial charge in [-0.2, -0.15) is 12.6 Å². The van der Waals surface area contributed by atoms with Gasteiger partial charge in [0.15, 0.2) is 0 Å². The standard InChI is InChI=1S/C24H38N4O6S/c1-5-14(4)20(28-21(30)17(25)11-15-6-8-16(29)9-7-15)23(32)26-18(10-13(2)3)22(31)27-19(12-35)24(33)34/h6-9,13-14,17-20,29,35H,5,10-12,25H2,1-4H3,(H,26,32)(H,27,31)(H,28,30)(H,33,34). The van der Waals surface area contributed by atoms with Gasteiger partial charge in [-0.3, -0.25) is 14.4 Å². The van der Waals surface area contributed by atoms with Crippen LogP contribution in [0.15, 0.2) is 24.3 Å². The summed E-state index contributed by atoms with van der Waals surface area (Å²) in [6.07, 6.45) is 1.06. The number of aromatic hydroxyl groups is 1. The van der Waals surface area contributed by atoms with Crippen LogP contribution in [0, 0.1) is 11.8 Å². The Morgan fingerprint density at radius 1 is 0.943 bits per heavy atom. The molecule has 11 heteroatoms. The number of phenols is 1. The number of benzene rings is 1. The highest BCUT2D eigenvalue weighted by molar-refractivity contribution is 7.80. The molecule has 0 heterocycles. The molecule has 10 nitrogen and oxygen atoms in total. The Morgan fingerprint density at radius 2 is 1.51 bits per heavy atom. The van der Waals surface area contributed by atoms with Gasteiger partial charge in [0.05, 0.1) is 6.04 Å². The van der Waals surface area contributed by atoms with E-state index in [1.54, 1.807) is 19.1 Å². The minimum absolute atomic E-state index is 0.0284. The quantitative estimate of drug-likeness (QED) is 0.182. The van der Waals surface area contributed by atoms with Gasteiger partial charge in [0.25, 0.3) is 0 Å². The van der Waals surface area contributed by atoms with E-state index in [1.807, 2.05) is 20.8 Å². The van der Waals surface area contributed by atoms with E-state index in [0.717, 1.165) is 5.56 Å². The van der Waals surface area contributed by atoms with Crippen LogP contribution < -0.4 is 21.7 Å². The molecule has 0 aliphatic heterocycles. The normalized spacial score (nSPS) is 15.4. The summed E-state index contributed by atoms with van der Waals surface area (Å²) in [6.45, 7) is 7.41. The molecule has 1 aromatic carbocycles. The number of carboxylic acid groups (broad SMARTS) is 1. The first-order chi connectivity index (χ1) is 16.4. The second-order valence-electron chi connectivity index (χ2n) is 9.12. The summed E-state index contributed by atoms with van der Waals surface area (Å²) in [7, 11) is 0. The number of carbonyl (C=O) groups is 4. The van der Waals surface area contributed by atoms with Crippen LogP contribution in [-0.4, -0.2) is 63.8 Å². The fourth-order valence-corrected chi connectivity index (χ4v) is 3.61. The molecular weight excluding hydrogens is 472 g/mol. The number of aliphatic carboxylic acids is 1. The average Bonchev–Trinajstić information content (AvgIpc) is 2.80. The average molecular weight is 511 g/mol. The zero-order valence-corrected chi connectivity index (χ0v) is 21.5. The Hall–Kier alpha value is -2.79. The summed E-state index contributed by atoms with van der Waals surface area (Å²) < 4.78 is 0. The van der Waals surface area contributed by atoms with Crippen molar-refractivity contribution in [1.29, 1.82) is 0 Å². The molecule has 0 radical (unpaired) electrons. The van der Waals surface area contributed by atoms with Crippen molar-refractivity contribution < 1.29 is 29.4 Å². The zero-order chi connectivity index (χ0) is 26.7. The van der Waals surface area contributed by atoms with Crippen LogP contribution in [0.5, 0.6) is 5.75 Å². The van der Waals surface area contributed by atoms with Gasteiger partial charge in [0, 0.05) is 5.75 Å². The first-order valence-electron chi connectivity index (χ1n) is 11.7. The summed E-state index contributed by atoms with van der Waals surface area (Å²) in [6, 6.07) is 2.26. The number of nitrogens with one attached hydrogen (secondary N) is 3. The van der Waals surface area contributed by atoms with E-state index in [0.29, 0.717) is 6.42 Å². The molecule has 35 heavy (non-hydrogen) atoms. The molecule has 0 saturated heterocycles. The van der Waals surface area contributed by atoms with Crippen molar-refractivity contribution in [3.63, 3.8) is 0 Å². The van der Waals surface area contributed by atoms with Crippen molar-refractivity contribution in [1.82, 2.24) is 16.0 Å². The molecule has 1 aromatic rings. The first kappa shape index (κ1) is 30.2. The topological polar surface area (TPSA) is 171 Å². The lowest BCUT2D eigenvalue weighted by Gasteiger charge is -2.28. The lowest BCUT2D eigenvalue weighted by atomic mass is 9.96. The fourth-order valence-electron chi connectivity index (χ4n) is 3.36. The molecule has 0 aliphatic rings. The van der Waals surface area contributed by atoms with Crippen LogP contribution in [0.1, 0.15) is 46.1 Å². The van der Waals surface area contributed by atoms with Crippen molar-refractivity contribution in [2.75, 3.05) is 5.75 Å². The van der Waals surface area contributed by atoms with Gasteiger partial charge < -0.3 is 31.9 Å². The second kappa shape index (κ2) is 14.6. The van der Waals surface area contributed by atoms with E-state index in [9.17, 15) is 29.4 Å². The molecule has 7 N–H and O–H groups in total. The molecule has 0 bridgehead atoms. The number of amides is 3. The maximum atomic E-state index is 13.2. The number of carboxylic acids is 1. The highest BCUT2D eigenvalue weighted by atomic mass is 32.1. The van der Waals surface area contributed by atoms with E-state index < -0.39 is 47.9 Å². The van der Waals surface area contributed by atoms with Gasteiger partial charge in [0.1, 0.15) is 23.9 Å². The number of nitrogens with two attached hydrogens (primary N) is 1. The third-order valence-corrected chi connectivity index (χ3v) is 6.02. The zero-order valence-electron chi connectivity index (χ0n) is 20.7. The highest BCUT2D eigenvalue weighted by Crippen LogP contribution is 2.13. The van der Waals surface area contributed by atoms with Crippen molar-refractivity contribution in [3.8, 4) is 5.75 Å². The first-order valence-corrected chi connectivity index (χ1v) is 12.3. The SMILES string of the molecule is CCC(C)C(NC(=O)C(N)Cc1ccc(O)cc1)C(=O)NC(CC(C)C)C(=O)NC(CS)C(=O)O. The van der Waals surface area contributed by atoms with Crippen molar-refractivity contribution in [2.24, 2.45) is 17.6 Å². The monoisotopic (exact) mass is 510 g/mol. The summed E-state index contributed by atoms with van der Waals surface area (Å²) in [5, 5.41) is 26.4. The lowest BCUT2D eigenvalue weighted by molar-refractivity contribution is -0.141. The largest absolute Gasteiger partial charge is 0.508 e. The van der Waals surface area contributed by atoms with E-state index >= 15 is 0 Å². The number of rotatable bonds is 14. The molecule has 196 valence electrons. The number of hydrogen-bond donors (Lipinski definition) is 7. The van der Waals surface area contributed by atoms with Gasteiger partial charge in [0.2, 0.25) is 17.7 Å². The molecule has 0 aromatic heterocycles. The highest BCUT2D eigenvalue weighted by Gasteiger charge is 2.32. The molecule has 5 unspecified atom stereocenters. The van der Waals surface area contributed by atoms with Crippen molar-refractivity contribution in [3.05, 3.63) is 29.8 Å². The van der Waals surface area contributed by atoms with E-state index in [2.05, 4.69) is 28.6 Å². The van der Waals surface area contributed by atoms with Crippen LogP contribution in [0.2, 0.25) is 0 Å².